The Morgan fingerprint density at radius 2 is 1.72 bits per heavy atom. The fourth-order valence-electron chi connectivity index (χ4n) is 3.10. The van der Waals surface area contributed by atoms with Crippen LogP contribution < -0.4 is 15.4 Å². The summed E-state index contributed by atoms with van der Waals surface area (Å²) in [6.45, 7) is 4.89. The topological polar surface area (TPSA) is 50.4 Å². The van der Waals surface area contributed by atoms with E-state index in [-0.39, 0.29) is 5.91 Å². The third-order valence-corrected chi connectivity index (χ3v) is 5.60. The van der Waals surface area contributed by atoms with Crippen molar-refractivity contribution >= 4 is 52.1 Å². The first-order valence-electron chi connectivity index (χ1n) is 10.3. The van der Waals surface area contributed by atoms with Gasteiger partial charge in [0.25, 0.3) is 0 Å². The molecule has 4 nitrogen and oxygen atoms in total. The summed E-state index contributed by atoms with van der Waals surface area (Å²) in [5.74, 6) is 1.03. The molecule has 0 atom stereocenters. The molecule has 0 aromatic heterocycles. The second-order valence-corrected chi connectivity index (χ2v) is 9.12. The van der Waals surface area contributed by atoms with Gasteiger partial charge in [0, 0.05) is 34.9 Å². The lowest BCUT2D eigenvalue weighted by atomic mass is 10.1. The predicted molar refractivity (Wildman–Crippen MR) is 134 cm³/mol. The zero-order valence-electron chi connectivity index (χ0n) is 17.9. The molecule has 0 bridgehead atoms. The van der Waals surface area contributed by atoms with Crippen LogP contribution in [0.3, 0.4) is 0 Å². The molecule has 0 spiro atoms. The van der Waals surface area contributed by atoms with Crippen LogP contribution in [0.5, 0.6) is 5.75 Å². The maximum absolute atomic E-state index is 12.0. The molecule has 1 amide bonds. The zero-order valence-corrected chi connectivity index (χ0v) is 20.2. The van der Waals surface area contributed by atoms with Gasteiger partial charge in [-0.2, -0.15) is 0 Å². The molecule has 0 saturated carbocycles. The average Bonchev–Trinajstić information content (AvgIpc) is 2.73. The van der Waals surface area contributed by atoms with Crippen molar-refractivity contribution in [2.45, 2.75) is 33.4 Å². The number of hydrogen-bond donors (Lipinski definition) is 2. The summed E-state index contributed by atoms with van der Waals surface area (Å²) in [4.78, 5) is 12.0. The number of ether oxygens (including phenoxy) is 1. The van der Waals surface area contributed by atoms with Gasteiger partial charge in [-0.15, -0.1) is 0 Å². The Labute approximate surface area is 203 Å². The fourth-order valence-corrected chi connectivity index (χ4v) is 3.62. The van der Waals surface area contributed by atoms with E-state index in [2.05, 4.69) is 10.6 Å². The van der Waals surface area contributed by atoms with Gasteiger partial charge in [-0.1, -0.05) is 60.8 Å². The van der Waals surface area contributed by atoms with Crippen molar-refractivity contribution in [3.63, 3.8) is 0 Å². The Morgan fingerprint density at radius 1 is 0.938 bits per heavy atom. The van der Waals surface area contributed by atoms with Crippen LogP contribution in [0.4, 0.5) is 11.4 Å². The third-order valence-electron chi connectivity index (χ3n) is 4.62. The van der Waals surface area contributed by atoms with E-state index in [4.69, 9.17) is 39.5 Å². The minimum absolute atomic E-state index is 0.00461. The maximum atomic E-state index is 12.0. The molecular formula is C25H25Cl3N2O2. The first kappa shape index (κ1) is 24.2. The van der Waals surface area contributed by atoms with Crippen LogP contribution in [0.2, 0.25) is 15.1 Å². The van der Waals surface area contributed by atoms with Gasteiger partial charge in [-0.25, -0.2) is 0 Å². The predicted octanol–water partition coefficient (Wildman–Crippen LogP) is 7.82. The van der Waals surface area contributed by atoms with Gasteiger partial charge < -0.3 is 15.4 Å². The molecule has 0 aliphatic heterocycles. The Kier molecular flexibility index (Phi) is 8.68. The van der Waals surface area contributed by atoms with Crippen LogP contribution in [0.15, 0.2) is 60.7 Å². The highest BCUT2D eigenvalue weighted by molar-refractivity contribution is 6.42. The van der Waals surface area contributed by atoms with Gasteiger partial charge in [0.05, 0.1) is 10.0 Å². The number of halogens is 3. The summed E-state index contributed by atoms with van der Waals surface area (Å²) in [6.07, 6.45) is 0.486. The summed E-state index contributed by atoms with van der Waals surface area (Å²) in [5, 5.41) is 7.93. The fraction of sp³-hybridized carbons (Fsp3) is 0.240. The van der Waals surface area contributed by atoms with Crippen LogP contribution in [-0.4, -0.2) is 5.91 Å². The third kappa shape index (κ3) is 7.33. The molecule has 3 rings (SSSR count). The Bertz CT molecular complexity index is 1090. The van der Waals surface area contributed by atoms with Gasteiger partial charge in [0.15, 0.2) is 0 Å². The molecule has 0 fully saturated rings. The van der Waals surface area contributed by atoms with Crippen LogP contribution in [0.1, 0.15) is 31.4 Å². The Hall–Kier alpha value is -2.40. The molecule has 3 aromatic rings. The summed E-state index contributed by atoms with van der Waals surface area (Å²) in [6, 6.07) is 18.5. The lowest BCUT2D eigenvalue weighted by Gasteiger charge is -2.15. The quantitative estimate of drug-likeness (QED) is 0.321. The molecule has 2 N–H and O–H groups in total. The number of amides is 1. The van der Waals surface area contributed by atoms with Crippen molar-refractivity contribution in [3.8, 4) is 5.75 Å². The standard InChI is InChI=1S/C25H25Cl3N2O2/c1-16(2)10-25(31)30-21-5-3-4-20(13-21)29-14-18-12-19(26)7-9-24(18)32-15-17-6-8-22(27)23(28)11-17/h3-9,11-13,16,29H,10,14-15H2,1-2H3,(H,30,31). The monoisotopic (exact) mass is 490 g/mol. The van der Waals surface area contributed by atoms with Crippen LogP contribution >= 0.6 is 34.8 Å². The van der Waals surface area contributed by atoms with E-state index >= 15 is 0 Å². The molecule has 0 radical (unpaired) electrons. The van der Waals surface area contributed by atoms with Gasteiger partial charge in [-0.05, 0) is 60.0 Å². The van der Waals surface area contributed by atoms with E-state index < -0.39 is 0 Å². The van der Waals surface area contributed by atoms with E-state index in [1.54, 1.807) is 18.2 Å². The number of carbonyl (C=O) groups excluding carboxylic acids is 1. The van der Waals surface area contributed by atoms with Gasteiger partial charge in [-0.3, -0.25) is 4.79 Å². The molecule has 0 unspecified atom stereocenters. The average molecular weight is 492 g/mol. The molecule has 0 aliphatic carbocycles. The van der Waals surface area contributed by atoms with Gasteiger partial charge in [0.1, 0.15) is 12.4 Å². The normalized spacial score (nSPS) is 10.8. The summed E-state index contributed by atoms with van der Waals surface area (Å²) in [7, 11) is 0. The number of carbonyl (C=O) groups is 1. The smallest absolute Gasteiger partial charge is 0.224 e. The molecule has 32 heavy (non-hydrogen) atoms. The van der Waals surface area contributed by atoms with E-state index in [0.29, 0.717) is 40.6 Å². The lowest BCUT2D eigenvalue weighted by molar-refractivity contribution is -0.116. The summed E-state index contributed by atoms with van der Waals surface area (Å²) in [5.41, 5.74) is 3.45. The Balaban J connectivity index is 1.66. The molecule has 0 heterocycles. The SMILES string of the molecule is CC(C)CC(=O)Nc1cccc(NCc2cc(Cl)ccc2OCc2ccc(Cl)c(Cl)c2)c1. The number of hydrogen-bond acceptors (Lipinski definition) is 3. The lowest BCUT2D eigenvalue weighted by Crippen LogP contribution is -2.14. The maximum Gasteiger partial charge on any atom is 0.224 e. The van der Waals surface area contributed by atoms with E-state index in [1.165, 1.54) is 0 Å². The van der Waals surface area contributed by atoms with Crippen LogP contribution in [0.25, 0.3) is 0 Å². The highest BCUT2D eigenvalue weighted by Gasteiger charge is 2.09. The van der Waals surface area contributed by atoms with Crippen molar-refractivity contribution < 1.29 is 9.53 Å². The molecule has 168 valence electrons. The van der Waals surface area contributed by atoms with E-state index in [0.717, 1.165) is 28.3 Å². The van der Waals surface area contributed by atoms with E-state index in [1.807, 2.05) is 56.3 Å². The minimum atomic E-state index is 0.00461. The first-order chi connectivity index (χ1) is 15.3. The van der Waals surface area contributed by atoms with Crippen molar-refractivity contribution in [1.29, 1.82) is 0 Å². The number of benzene rings is 3. The van der Waals surface area contributed by atoms with Crippen molar-refractivity contribution in [3.05, 3.63) is 86.9 Å². The molecule has 7 heteroatoms. The number of nitrogens with one attached hydrogen (secondary N) is 2. The van der Waals surface area contributed by atoms with Crippen LogP contribution in [-0.2, 0) is 17.9 Å². The summed E-state index contributed by atoms with van der Waals surface area (Å²) < 4.78 is 6.02. The second kappa shape index (κ2) is 11.5. The molecule has 3 aromatic carbocycles. The Morgan fingerprint density at radius 3 is 2.47 bits per heavy atom. The zero-order chi connectivity index (χ0) is 23.1. The highest BCUT2D eigenvalue weighted by Crippen LogP contribution is 2.27. The number of anilines is 2. The van der Waals surface area contributed by atoms with E-state index in [9.17, 15) is 4.79 Å². The van der Waals surface area contributed by atoms with Crippen molar-refractivity contribution in [1.82, 2.24) is 0 Å². The minimum Gasteiger partial charge on any atom is -0.489 e. The largest absolute Gasteiger partial charge is 0.489 e. The van der Waals surface area contributed by atoms with Crippen molar-refractivity contribution in [2.75, 3.05) is 10.6 Å². The van der Waals surface area contributed by atoms with Crippen LogP contribution in [0, 0.1) is 5.92 Å². The molecule has 0 aliphatic rings. The van der Waals surface area contributed by atoms with Gasteiger partial charge in [0.2, 0.25) is 5.91 Å². The van der Waals surface area contributed by atoms with Gasteiger partial charge >= 0.3 is 0 Å². The molecule has 0 saturated heterocycles. The molecular weight excluding hydrogens is 467 g/mol. The summed E-state index contributed by atoms with van der Waals surface area (Å²) >= 11 is 18.3. The van der Waals surface area contributed by atoms with Crippen molar-refractivity contribution in [2.24, 2.45) is 5.92 Å². The first-order valence-corrected chi connectivity index (χ1v) is 11.4. The highest BCUT2D eigenvalue weighted by atomic mass is 35.5. The second-order valence-electron chi connectivity index (χ2n) is 7.87. The number of rotatable bonds is 9.